The van der Waals surface area contributed by atoms with E-state index < -0.39 is 0 Å². The molecule has 0 radical (unpaired) electrons. The third-order valence-corrected chi connectivity index (χ3v) is 4.82. The van der Waals surface area contributed by atoms with Crippen molar-refractivity contribution in [1.82, 2.24) is 19.5 Å². The smallest absolute Gasteiger partial charge is 0.258 e. The van der Waals surface area contributed by atoms with Crippen LogP contribution >= 0.6 is 11.6 Å². The fourth-order valence-electron chi connectivity index (χ4n) is 2.97. The van der Waals surface area contributed by atoms with Crippen molar-refractivity contribution in [3.05, 3.63) is 53.2 Å². The maximum atomic E-state index is 12.4. The molecule has 0 saturated carbocycles. The number of carbonyl (C=O) groups is 1. The van der Waals surface area contributed by atoms with E-state index in [2.05, 4.69) is 32.2 Å². The fourth-order valence-corrected chi connectivity index (χ4v) is 3.19. The Kier molecular flexibility index (Phi) is 4.48. The van der Waals surface area contributed by atoms with Crippen LogP contribution < -0.4 is 10.2 Å². The average Bonchev–Trinajstić information content (AvgIpc) is 3.04. The number of aromatic nitrogens is 3. The summed E-state index contributed by atoms with van der Waals surface area (Å²) in [4.78, 5) is 21.3. The molecule has 1 fully saturated rings. The molecule has 0 bridgehead atoms. The first kappa shape index (κ1) is 16.8. The number of halogens is 1. The second-order valence-electron chi connectivity index (χ2n) is 6.34. The molecule has 7 nitrogen and oxygen atoms in total. The number of hydrogen-bond donors (Lipinski definition) is 1. The van der Waals surface area contributed by atoms with E-state index >= 15 is 0 Å². The number of nitrogens with zero attached hydrogens (tertiary/aromatic N) is 5. The molecule has 1 N–H and O–H groups in total. The highest BCUT2D eigenvalue weighted by molar-refractivity contribution is 6.34. The lowest BCUT2D eigenvalue weighted by Gasteiger charge is -2.32. The number of nitrogens with one attached hydrogen (secondary N) is 1. The number of piperazine rings is 1. The Labute approximate surface area is 156 Å². The van der Waals surface area contributed by atoms with Gasteiger partial charge in [-0.15, -0.1) is 5.10 Å². The summed E-state index contributed by atoms with van der Waals surface area (Å²) in [7, 11) is 2.12. The van der Waals surface area contributed by atoms with Crippen LogP contribution in [0.3, 0.4) is 0 Å². The first-order chi connectivity index (χ1) is 12.6. The Hall–Kier alpha value is -2.64. The zero-order valence-corrected chi connectivity index (χ0v) is 15.1. The van der Waals surface area contributed by atoms with Gasteiger partial charge in [-0.2, -0.15) is 0 Å². The maximum Gasteiger partial charge on any atom is 0.258 e. The molecule has 0 spiro atoms. The van der Waals surface area contributed by atoms with Gasteiger partial charge in [0.15, 0.2) is 11.5 Å². The third-order valence-electron chi connectivity index (χ3n) is 4.49. The van der Waals surface area contributed by atoms with Gasteiger partial charge in [-0.1, -0.05) is 23.7 Å². The summed E-state index contributed by atoms with van der Waals surface area (Å²) in [6, 6.07) is 10.8. The molecule has 0 unspecified atom stereocenters. The SMILES string of the molecule is CN1CCN(c2ccc3nc(NC(=O)c4ccccc4Cl)cn3n2)CC1. The van der Waals surface area contributed by atoms with Crippen molar-refractivity contribution in [3.63, 3.8) is 0 Å². The summed E-state index contributed by atoms with van der Waals surface area (Å²) in [6.07, 6.45) is 1.71. The van der Waals surface area contributed by atoms with Gasteiger partial charge in [0.1, 0.15) is 5.82 Å². The first-order valence-corrected chi connectivity index (χ1v) is 8.84. The van der Waals surface area contributed by atoms with Gasteiger partial charge in [0.05, 0.1) is 16.8 Å². The lowest BCUT2D eigenvalue weighted by atomic mass is 10.2. The van der Waals surface area contributed by atoms with Crippen LogP contribution in [0.4, 0.5) is 11.6 Å². The molecule has 1 saturated heterocycles. The minimum Gasteiger partial charge on any atom is -0.353 e. The average molecular weight is 371 g/mol. The van der Waals surface area contributed by atoms with Gasteiger partial charge in [-0.25, -0.2) is 9.50 Å². The summed E-state index contributed by atoms with van der Waals surface area (Å²) in [5.74, 6) is 1.06. The highest BCUT2D eigenvalue weighted by Crippen LogP contribution is 2.19. The van der Waals surface area contributed by atoms with E-state index in [1.165, 1.54) is 0 Å². The van der Waals surface area contributed by atoms with Crippen molar-refractivity contribution in [2.24, 2.45) is 0 Å². The predicted molar refractivity (Wildman–Crippen MR) is 102 cm³/mol. The molecule has 134 valence electrons. The zero-order chi connectivity index (χ0) is 18.1. The van der Waals surface area contributed by atoms with Crippen LogP contribution in [0.15, 0.2) is 42.6 Å². The van der Waals surface area contributed by atoms with Gasteiger partial charge in [0, 0.05) is 26.2 Å². The van der Waals surface area contributed by atoms with Crippen LogP contribution in [0.5, 0.6) is 0 Å². The number of hydrogen-bond acceptors (Lipinski definition) is 5. The number of likely N-dealkylation sites (N-methyl/N-ethyl adjacent to an activating group) is 1. The predicted octanol–water partition coefficient (Wildman–Crippen LogP) is 2.39. The quantitative estimate of drug-likeness (QED) is 0.766. The molecule has 8 heteroatoms. The van der Waals surface area contributed by atoms with E-state index in [1.807, 2.05) is 12.1 Å². The Balaban J connectivity index is 1.54. The summed E-state index contributed by atoms with van der Waals surface area (Å²) >= 11 is 6.07. The number of benzene rings is 1. The van der Waals surface area contributed by atoms with Crippen molar-refractivity contribution in [3.8, 4) is 0 Å². The van der Waals surface area contributed by atoms with Crippen LogP contribution in [-0.2, 0) is 0 Å². The molecule has 1 aliphatic rings. The van der Waals surface area contributed by atoms with Crippen molar-refractivity contribution in [2.75, 3.05) is 43.4 Å². The Morgan fingerprint density at radius 2 is 1.88 bits per heavy atom. The number of rotatable bonds is 3. The van der Waals surface area contributed by atoms with Gasteiger partial charge < -0.3 is 15.1 Å². The summed E-state index contributed by atoms with van der Waals surface area (Å²) in [6.45, 7) is 3.92. The van der Waals surface area contributed by atoms with Gasteiger partial charge >= 0.3 is 0 Å². The zero-order valence-electron chi connectivity index (χ0n) is 14.4. The second-order valence-corrected chi connectivity index (χ2v) is 6.75. The minimum atomic E-state index is -0.293. The molecule has 26 heavy (non-hydrogen) atoms. The molecular formula is C18H19ClN6O. The molecule has 4 rings (SSSR count). The Bertz CT molecular complexity index is 948. The first-order valence-electron chi connectivity index (χ1n) is 8.46. The van der Waals surface area contributed by atoms with Crippen molar-refractivity contribution >= 4 is 34.8 Å². The third kappa shape index (κ3) is 3.36. The van der Waals surface area contributed by atoms with Crippen LogP contribution in [0.2, 0.25) is 5.02 Å². The molecule has 0 aliphatic carbocycles. The molecular weight excluding hydrogens is 352 g/mol. The number of carbonyl (C=O) groups excluding carboxylic acids is 1. The molecule has 1 aromatic carbocycles. The molecule has 0 atom stereocenters. The van der Waals surface area contributed by atoms with Gasteiger partial charge in [0.2, 0.25) is 0 Å². The highest BCUT2D eigenvalue weighted by atomic mass is 35.5. The number of amides is 1. The van der Waals surface area contributed by atoms with Gasteiger partial charge in [0.25, 0.3) is 5.91 Å². The lowest BCUT2D eigenvalue weighted by Crippen LogP contribution is -2.44. The summed E-state index contributed by atoms with van der Waals surface area (Å²) in [5, 5.41) is 7.81. The van der Waals surface area contributed by atoms with E-state index in [0.29, 0.717) is 22.1 Å². The van der Waals surface area contributed by atoms with Crippen LogP contribution in [0.1, 0.15) is 10.4 Å². The number of imidazole rings is 1. The van der Waals surface area contributed by atoms with Crippen LogP contribution in [-0.4, -0.2) is 58.6 Å². The molecule has 2 aromatic heterocycles. The van der Waals surface area contributed by atoms with E-state index in [-0.39, 0.29) is 5.91 Å². The Morgan fingerprint density at radius 1 is 1.12 bits per heavy atom. The molecule has 3 aromatic rings. The highest BCUT2D eigenvalue weighted by Gasteiger charge is 2.17. The largest absolute Gasteiger partial charge is 0.353 e. The number of anilines is 2. The van der Waals surface area contributed by atoms with Crippen LogP contribution in [0.25, 0.3) is 5.65 Å². The van der Waals surface area contributed by atoms with E-state index in [4.69, 9.17) is 11.6 Å². The standard InChI is InChI=1S/C18H19ClN6O/c1-23-8-10-24(11-9-23)17-7-6-16-20-15(12-25(16)22-17)21-18(26)13-4-2-3-5-14(13)19/h2-7,12H,8-11H2,1H3,(H,21,26). The van der Waals surface area contributed by atoms with Crippen molar-refractivity contribution in [1.29, 1.82) is 0 Å². The van der Waals surface area contributed by atoms with E-state index in [0.717, 1.165) is 32.0 Å². The maximum absolute atomic E-state index is 12.4. The van der Waals surface area contributed by atoms with E-state index in [9.17, 15) is 4.79 Å². The van der Waals surface area contributed by atoms with Gasteiger partial charge in [-0.05, 0) is 31.3 Å². The van der Waals surface area contributed by atoms with Crippen molar-refractivity contribution in [2.45, 2.75) is 0 Å². The Morgan fingerprint density at radius 3 is 2.65 bits per heavy atom. The van der Waals surface area contributed by atoms with Crippen molar-refractivity contribution < 1.29 is 4.79 Å². The molecule has 1 aliphatic heterocycles. The monoisotopic (exact) mass is 370 g/mol. The molecule has 1 amide bonds. The topological polar surface area (TPSA) is 65.8 Å². The normalized spacial score (nSPS) is 15.4. The molecule has 3 heterocycles. The van der Waals surface area contributed by atoms with Gasteiger partial charge in [-0.3, -0.25) is 4.79 Å². The lowest BCUT2D eigenvalue weighted by molar-refractivity contribution is 0.102. The van der Waals surface area contributed by atoms with Crippen LogP contribution in [0, 0.1) is 0 Å². The second kappa shape index (κ2) is 6.93. The minimum absolute atomic E-state index is 0.293. The summed E-state index contributed by atoms with van der Waals surface area (Å²) < 4.78 is 1.69. The number of fused-ring (bicyclic) bond motifs is 1. The summed E-state index contributed by atoms with van der Waals surface area (Å²) in [5.41, 5.74) is 1.09. The fraction of sp³-hybridized carbons (Fsp3) is 0.278. The van der Waals surface area contributed by atoms with E-state index in [1.54, 1.807) is 35.0 Å².